The normalized spacial score (nSPS) is 21.4. The number of nitrogens with zero attached hydrogens (tertiary/aromatic N) is 4. The summed E-state index contributed by atoms with van der Waals surface area (Å²) in [5.41, 5.74) is 11.7. The molecule has 0 amide bonds. The van der Waals surface area contributed by atoms with Crippen LogP contribution in [0.4, 0.5) is 0 Å². The smallest absolute Gasteiger partial charge is 0.249 e. The van der Waals surface area contributed by atoms with Crippen LogP contribution in [0, 0.1) is 12.8 Å². The SMILES string of the molecule is Cc1ncsc1-c1cccc2[n+]1C1(C3CC3)Cc3ncsc3-c3cccc([n+]31)C2. The first kappa shape index (κ1) is 16.4. The Morgan fingerprint density at radius 1 is 0.897 bits per heavy atom. The van der Waals surface area contributed by atoms with Crippen molar-refractivity contribution in [3.8, 4) is 21.1 Å². The highest BCUT2D eigenvalue weighted by atomic mass is 32.1. The van der Waals surface area contributed by atoms with Crippen LogP contribution in [0.15, 0.2) is 47.4 Å². The van der Waals surface area contributed by atoms with Gasteiger partial charge in [-0.25, -0.2) is 9.97 Å². The maximum Gasteiger partial charge on any atom is 0.370 e. The molecule has 1 aliphatic carbocycles. The molecule has 142 valence electrons. The molecule has 0 spiro atoms. The van der Waals surface area contributed by atoms with Crippen LogP contribution in [0.25, 0.3) is 21.1 Å². The third kappa shape index (κ3) is 2.03. The summed E-state index contributed by atoms with van der Waals surface area (Å²) in [5.74, 6) is 0.640. The van der Waals surface area contributed by atoms with Gasteiger partial charge in [0.15, 0.2) is 11.4 Å². The van der Waals surface area contributed by atoms with Crippen LogP contribution in [-0.2, 0) is 18.5 Å². The molecule has 1 unspecified atom stereocenters. The van der Waals surface area contributed by atoms with Crippen molar-refractivity contribution in [2.24, 2.45) is 5.92 Å². The highest BCUT2D eigenvalue weighted by Crippen LogP contribution is 2.48. The number of pyridine rings is 2. The number of hydrogen-bond acceptors (Lipinski definition) is 4. The van der Waals surface area contributed by atoms with Gasteiger partial charge in [0.05, 0.1) is 28.3 Å². The molecule has 0 saturated heterocycles. The molecule has 7 rings (SSSR count). The quantitative estimate of drug-likeness (QED) is 0.465. The average Bonchev–Trinajstić information content (AvgIpc) is 3.35. The fourth-order valence-corrected chi connectivity index (χ4v) is 7.20. The molecule has 0 N–H and O–H groups in total. The zero-order chi connectivity index (χ0) is 19.2. The summed E-state index contributed by atoms with van der Waals surface area (Å²) < 4.78 is 5.35. The van der Waals surface area contributed by atoms with Crippen molar-refractivity contribution in [2.45, 2.75) is 38.3 Å². The van der Waals surface area contributed by atoms with Gasteiger partial charge in [0.1, 0.15) is 22.6 Å². The van der Waals surface area contributed by atoms with E-state index in [2.05, 4.69) is 57.4 Å². The van der Waals surface area contributed by atoms with Gasteiger partial charge < -0.3 is 0 Å². The summed E-state index contributed by atoms with van der Waals surface area (Å²) in [6.45, 7) is 2.13. The zero-order valence-electron chi connectivity index (χ0n) is 16.1. The van der Waals surface area contributed by atoms with E-state index in [9.17, 15) is 0 Å². The molecule has 6 heterocycles. The minimum absolute atomic E-state index is 0.104. The summed E-state index contributed by atoms with van der Waals surface area (Å²) in [5, 5.41) is 0. The second kappa shape index (κ2) is 5.58. The van der Waals surface area contributed by atoms with Gasteiger partial charge in [0.2, 0.25) is 11.4 Å². The largest absolute Gasteiger partial charge is 0.370 e. The topological polar surface area (TPSA) is 33.5 Å². The van der Waals surface area contributed by atoms with Crippen molar-refractivity contribution in [1.82, 2.24) is 9.97 Å². The third-order valence-electron chi connectivity index (χ3n) is 6.79. The number of aryl methyl sites for hydroxylation is 1. The molecule has 4 aromatic heterocycles. The van der Waals surface area contributed by atoms with Crippen LogP contribution in [-0.4, -0.2) is 9.97 Å². The molecular formula is C23H20N4S2+2. The van der Waals surface area contributed by atoms with Crippen molar-refractivity contribution in [2.75, 3.05) is 0 Å². The fourth-order valence-electron chi connectivity index (χ4n) is 5.55. The number of hydrogen-bond donors (Lipinski definition) is 0. The van der Waals surface area contributed by atoms with Gasteiger partial charge in [-0.3, -0.25) is 0 Å². The highest BCUT2D eigenvalue weighted by Gasteiger charge is 2.68. The molecule has 6 heteroatoms. The highest BCUT2D eigenvalue weighted by molar-refractivity contribution is 7.13. The lowest BCUT2D eigenvalue weighted by Gasteiger charge is -2.34. The Morgan fingerprint density at radius 3 is 2.21 bits per heavy atom. The summed E-state index contributed by atoms with van der Waals surface area (Å²) in [6.07, 6.45) is 4.49. The molecule has 4 nitrogen and oxygen atoms in total. The van der Waals surface area contributed by atoms with Crippen molar-refractivity contribution in [1.29, 1.82) is 0 Å². The van der Waals surface area contributed by atoms with Gasteiger partial charge in [-0.2, -0.15) is 0 Å². The van der Waals surface area contributed by atoms with Crippen molar-refractivity contribution in [3.05, 3.63) is 70.2 Å². The lowest BCUT2D eigenvalue weighted by atomic mass is 9.86. The molecular weight excluding hydrogens is 396 g/mol. The van der Waals surface area contributed by atoms with Gasteiger partial charge in [0.25, 0.3) is 0 Å². The lowest BCUT2D eigenvalue weighted by Crippen LogP contribution is -2.82. The average molecular weight is 417 g/mol. The van der Waals surface area contributed by atoms with E-state index in [0.717, 1.165) is 18.5 Å². The van der Waals surface area contributed by atoms with E-state index >= 15 is 0 Å². The fraction of sp³-hybridized carbons (Fsp3) is 0.304. The van der Waals surface area contributed by atoms with Crippen LogP contribution in [0.1, 0.15) is 35.6 Å². The van der Waals surface area contributed by atoms with Crippen LogP contribution in [0.2, 0.25) is 0 Å². The Hall–Kier alpha value is -2.44. The maximum atomic E-state index is 4.83. The Morgan fingerprint density at radius 2 is 1.55 bits per heavy atom. The molecule has 3 aliphatic rings. The van der Waals surface area contributed by atoms with Gasteiger partial charge in [-0.1, -0.05) is 0 Å². The molecule has 1 saturated carbocycles. The minimum Gasteiger partial charge on any atom is -0.249 e. The third-order valence-corrected chi connectivity index (χ3v) is 8.63. The molecule has 0 bridgehead atoms. The van der Waals surface area contributed by atoms with Gasteiger partial charge in [0, 0.05) is 24.3 Å². The molecule has 0 aromatic carbocycles. The zero-order valence-corrected chi connectivity index (χ0v) is 17.8. The number of thiazole rings is 2. The van der Waals surface area contributed by atoms with E-state index in [1.165, 1.54) is 51.1 Å². The van der Waals surface area contributed by atoms with Gasteiger partial charge >= 0.3 is 5.66 Å². The Labute approximate surface area is 177 Å². The Balaban J connectivity index is 1.62. The van der Waals surface area contributed by atoms with E-state index in [-0.39, 0.29) is 5.66 Å². The maximum absolute atomic E-state index is 4.83. The van der Waals surface area contributed by atoms with Crippen LogP contribution >= 0.6 is 22.7 Å². The number of rotatable bonds is 2. The van der Waals surface area contributed by atoms with Crippen LogP contribution in [0.5, 0.6) is 0 Å². The molecule has 4 aromatic rings. The minimum atomic E-state index is -0.104. The predicted octanol–water partition coefficient (Wildman–Crippen LogP) is 3.89. The standard InChI is InChI=1S/C23H20N4S2/c1-14-21(28-12-24-14)19-6-2-4-16-10-17-5-3-7-20-22-18(25-13-29-22)11-23(26(16)19,27(17)20)15-8-9-15/h2-7,12-13,15H,8-11H2,1H3/q+2. The first-order valence-electron chi connectivity index (χ1n) is 10.2. The summed E-state index contributed by atoms with van der Waals surface area (Å²) in [7, 11) is 0. The van der Waals surface area contributed by atoms with Crippen molar-refractivity contribution >= 4 is 22.7 Å². The number of aromatic nitrogens is 4. The second-order valence-electron chi connectivity index (χ2n) is 8.38. The molecule has 29 heavy (non-hydrogen) atoms. The van der Waals surface area contributed by atoms with Crippen molar-refractivity contribution in [3.63, 3.8) is 0 Å². The van der Waals surface area contributed by atoms with Crippen LogP contribution in [0.3, 0.4) is 0 Å². The van der Waals surface area contributed by atoms with E-state index in [1.807, 2.05) is 11.0 Å². The first-order valence-corrected chi connectivity index (χ1v) is 12.0. The van der Waals surface area contributed by atoms with E-state index in [1.54, 1.807) is 22.7 Å². The first-order chi connectivity index (χ1) is 14.3. The Bertz CT molecular complexity index is 1300. The second-order valence-corrected chi connectivity index (χ2v) is 10.1. The van der Waals surface area contributed by atoms with Crippen molar-refractivity contribution < 1.29 is 9.13 Å². The Kier molecular flexibility index (Phi) is 3.15. The predicted molar refractivity (Wildman–Crippen MR) is 113 cm³/mol. The molecule has 1 atom stereocenters. The monoisotopic (exact) mass is 416 g/mol. The lowest BCUT2D eigenvalue weighted by molar-refractivity contribution is -1.00. The van der Waals surface area contributed by atoms with Gasteiger partial charge in [-0.15, -0.1) is 31.8 Å². The summed E-state index contributed by atoms with van der Waals surface area (Å²) in [4.78, 5) is 12.0. The molecule has 0 radical (unpaired) electrons. The summed E-state index contributed by atoms with van der Waals surface area (Å²) in [6, 6.07) is 13.7. The summed E-state index contributed by atoms with van der Waals surface area (Å²) >= 11 is 3.54. The molecule has 2 aliphatic heterocycles. The van der Waals surface area contributed by atoms with E-state index in [4.69, 9.17) is 4.98 Å². The van der Waals surface area contributed by atoms with E-state index < -0.39 is 0 Å². The van der Waals surface area contributed by atoms with Crippen LogP contribution < -0.4 is 9.13 Å². The van der Waals surface area contributed by atoms with Gasteiger partial charge in [-0.05, 0) is 31.9 Å². The number of fused-ring (bicyclic) bond motifs is 4. The van der Waals surface area contributed by atoms with E-state index in [0.29, 0.717) is 5.92 Å². The molecule has 1 fully saturated rings.